The van der Waals surface area contributed by atoms with Crippen molar-refractivity contribution < 1.29 is 9.53 Å². The molecule has 1 atom stereocenters. The number of hydrogen-bond acceptors (Lipinski definition) is 3. The molecule has 1 unspecified atom stereocenters. The summed E-state index contributed by atoms with van der Waals surface area (Å²) < 4.78 is 4.79. The minimum Gasteiger partial charge on any atom is -0.468 e. The van der Waals surface area contributed by atoms with Crippen LogP contribution in [0.3, 0.4) is 0 Å². The largest absolute Gasteiger partial charge is 0.468 e. The highest BCUT2D eigenvalue weighted by Gasteiger charge is 2.28. The number of piperidine rings is 1. The second-order valence-electron chi connectivity index (χ2n) is 3.65. The molecular weight excluding hydrogens is 178 g/mol. The standard InChI is InChI=1S/C11H19NO2/c1-3-4-8-12-9-6-5-7-10(12)11(13)14-2/h3,10H,1,4-9H2,2H3. The molecule has 0 aromatic rings. The Kier molecular flexibility index (Phi) is 4.66. The number of nitrogens with zero attached hydrogens (tertiary/aromatic N) is 1. The minimum absolute atomic E-state index is 0.0197. The highest BCUT2D eigenvalue weighted by Crippen LogP contribution is 2.18. The molecular formula is C11H19NO2. The van der Waals surface area contributed by atoms with Crippen LogP contribution in [0, 0.1) is 0 Å². The van der Waals surface area contributed by atoms with Crippen molar-refractivity contribution in [2.75, 3.05) is 20.2 Å². The van der Waals surface area contributed by atoms with Crippen molar-refractivity contribution >= 4 is 5.97 Å². The molecule has 0 amide bonds. The Balaban J connectivity index is 2.49. The molecule has 1 rings (SSSR count). The molecule has 1 aliphatic heterocycles. The van der Waals surface area contributed by atoms with Crippen LogP contribution in [-0.2, 0) is 9.53 Å². The van der Waals surface area contributed by atoms with Crippen LogP contribution >= 0.6 is 0 Å². The number of likely N-dealkylation sites (tertiary alicyclic amines) is 1. The van der Waals surface area contributed by atoms with Crippen molar-refractivity contribution in [2.45, 2.75) is 31.7 Å². The lowest BCUT2D eigenvalue weighted by Crippen LogP contribution is -2.45. The molecule has 14 heavy (non-hydrogen) atoms. The van der Waals surface area contributed by atoms with E-state index in [1.165, 1.54) is 13.5 Å². The second kappa shape index (κ2) is 5.81. The van der Waals surface area contributed by atoms with E-state index in [1.807, 2.05) is 6.08 Å². The summed E-state index contributed by atoms with van der Waals surface area (Å²) in [6, 6.07) is -0.0197. The van der Waals surface area contributed by atoms with Gasteiger partial charge in [0.2, 0.25) is 0 Å². The predicted octanol–water partition coefficient (Wildman–Crippen LogP) is 1.59. The van der Waals surface area contributed by atoms with Crippen LogP contribution in [0.4, 0.5) is 0 Å². The van der Waals surface area contributed by atoms with Crippen LogP contribution in [-0.4, -0.2) is 37.1 Å². The average Bonchev–Trinajstić information content (AvgIpc) is 2.25. The maximum Gasteiger partial charge on any atom is 0.323 e. The molecule has 1 heterocycles. The first-order chi connectivity index (χ1) is 6.79. The van der Waals surface area contributed by atoms with E-state index in [0.717, 1.165) is 32.4 Å². The molecule has 80 valence electrons. The van der Waals surface area contributed by atoms with Gasteiger partial charge in [-0.25, -0.2) is 0 Å². The van der Waals surface area contributed by atoms with Gasteiger partial charge in [0.05, 0.1) is 7.11 Å². The van der Waals surface area contributed by atoms with E-state index in [0.29, 0.717) is 0 Å². The van der Waals surface area contributed by atoms with Gasteiger partial charge in [-0.05, 0) is 25.8 Å². The molecule has 3 heteroatoms. The van der Waals surface area contributed by atoms with Crippen molar-refractivity contribution in [3.8, 4) is 0 Å². The highest BCUT2D eigenvalue weighted by atomic mass is 16.5. The van der Waals surface area contributed by atoms with E-state index in [1.54, 1.807) is 0 Å². The lowest BCUT2D eigenvalue weighted by atomic mass is 10.0. The van der Waals surface area contributed by atoms with Crippen molar-refractivity contribution in [3.63, 3.8) is 0 Å². The first-order valence-corrected chi connectivity index (χ1v) is 5.22. The van der Waals surface area contributed by atoms with Crippen molar-refractivity contribution in [3.05, 3.63) is 12.7 Å². The maximum atomic E-state index is 11.5. The Morgan fingerprint density at radius 2 is 2.43 bits per heavy atom. The van der Waals surface area contributed by atoms with Crippen LogP contribution in [0.5, 0.6) is 0 Å². The lowest BCUT2D eigenvalue weighted by molar-refractivity contribution is -0.148. The summed E-state index contributed by atoms with van der Waals surface area (Å²) >= 11 is 0. The summed E-state index contributed by atoms with van der Waals surface area (Å²) in [5, 5.41) is 0. The Hall–Kier alpha value is -0.830. The predicted molar refractivity (Wildman–Crippen MR) is 56.0 cm³/mol. The fourth-order valence-electron chi connectivity index (χ4n) is 1.92. The van der Waals surface area contributed by atoms with Gasteiger partial charge in [0, 0.05) is 6.54 Å². The van der Waals surface area contributed by atoms with E-state index in [9.17, 15) is 4.79 Å². The molecule has 0 radical (unpaired) electrons. The molecule has 1 saturated heterocycles. The van der Waals surface area contributed by atoms with Gasteiger partial charge in [-0.3, -0.25) is 9.69 Å². The Labute approximate surface area is 85.7 Å². The van der Waals surface area contributed by atoms with Crippen LogP contribution in [0.25, 0.3) is 0 Å². The number of esters is 1. The van der Waals surface area contributed by atoms with E-state index >= 15 is 0 Å². The van der Waals surface area contributed by atoms with Crippen LogP contribution < -0.4 is 0 Å². The van der Waals surface area contributed by atoms with Gasteiger partial charge in [0.15, 0.2) is 0 Å². The molecule has 0 aromatic heterocycles. The normalized spacial score (nSPS) is 23.1. The molecule has 3 nitrogen and oxygen atoms in total. The van der Waals surface area contributed by atoms with Crippen molar-refractivity contribution in [1.29, 1.82) is 0 Å². The Morgan fingerprint density at radius 3 is 3.07 bits per heavy atom. The van der Waals surface area contributed by atoms with Gasteiger partial charge in [0.1, 0.15) is 6.04 Å². The summed E-state index contributed by atoms with van der Waals surface area (Å²) in [5.74, 6) is -0.0891. The zero-order chi connectivity index (χ0) is 10.4. The average molecular weight is 197 g/mol. The van der Waals surface area contributed by atoms with E-state index in [4.69, 9.17) is 4.74 Å². The second-order valence-corrected chi connectivity index (χ2v) is 3.65. The van der Waals surface area contributed by atoms with Gasteiger partial charge in [-0.1, -0.05) is 12.5 Å². The summed E-state index contributed by atoms with van der Waals surface area (Å²) in [4.78, 5) is 13.7. The SMILES string of the molecule is C=CCCN1CCCCC1C(=O)OC. The fraction of sp³-hybridized carbons (Fsp3) is 0.727. The van der Waals surface area contributed by atoms with Crippen LogP contribution in [0.2, 0.25) is 0 Å². The van der Waals surface area contributed by atoms with Gasteiger partial charge >= 0.3 is 5.97 Å². The molecule has 0 bridgehead atoms. The zero-order valence-corrected chi connectivity index (χ0v) is 8.87. The van der Waals surface area contributed by atoms with Gasteiger partial charge in [-0.2, -0.15) is 0 Å². The van der Waals surface area contributed by atoms with Gasteiger partial charge in [0.25, 0.3) is 0 Å². The topological polar surface area (TPSA) is 29.5 Å². The molecule has 1 aliphatic rings. The monoisotopic (exact) mass is 197 g/mol. The molecule has 0 aromatic carbocycles. The smallest absolute Gasteiger partial charge is 0.323 e. The number of ether oxygens (including phenoxy) is 1. The third-order valence-corrected chi connectivity index (χ3v) is 2.71. The Morgan fingerprint density at radius 1 is 1.64 bits per heavy atom. The van der Waals surface area contributed by atoms with E-state index < -0.39 is 0 Å². The maximum absolute atomic E-state index is 11.5. The van der Waals surface area contributed by atoms with E-state index in [2.05, 4.69) is 11.5 Å². The third-order valence-electron chi connectivity index (χ3n) is 2.71. The van der Waals surface area contributed by atoms with Gasteiger partial charge in [-0.15, -0.1) is 6.58 Å². The Bertz CT molecular complexity index is 203. The fourth-order valence-corrected chi connectivity index (χ4v) is 1.92. The summed E-state index contributed by atoms with van der Waals surface area (Å²) in [5.41, 5.74) is 0. The number of carbonyl (C=O) groups excluding carboxylic acids is 1. The summed E-state index contributed by atoms with van der Waals surface area (Å²) in [6.07, 6.45) is 6.08. The minimum atomic E-state index is -0.0891. The van der Waals surface area contributed by atoms with E-state index in [-0.39, 0.29) is 12.0 Å². The van der Waals surface area contributed by atoms with Crippen LogP contribution in [0.15, 0.2) is 12.7 Å². The first kappa shape index (κ1) is 11.2. The van der Waals surface area contributed by atoms with Crippen molar-refractivity contribution in [2.24, 2.45) is 0 Å². The summed E-state index contributed by atoms with van der Waals surface area (Å²) in [7, 11) is 1.46. The number of hydrogen-bond donors (Lipinski definition) is 0. The van der Waals surface area contributed by atoms with Crippen molar-refractivity contribution in [1.82, 2.24) is 4.90 Å². The molecule has 0 spiro atoms. The number of methoxy groups -OCH3 is 1. The first-order valence-electron chi connectivity index (χ1n) is 5.22. The third kappa shape index (κ3) is 2.84. The summed E-state index contributed by atoms with van der Waals surface area (Å²) in [6.45, 7) is 5.62. The zero-order valence-electron chi connectivity index (χ0n) is 8.87. The molecule has 1 fully saturated rings. The quantitative estimate of drug-likeness (QED) is 0.506. The lowest BCUT2D eigenvalue weighted by Gasteiger charge is -2.33. The van der Waals surface area contributed by atoms with Gasteiger partial charge < -0.3 is 4.74 Å². The highest BCUT2D eigenvalue weighted by molar-refractivity contribution is 5.75. The van der Waals surface area contributed by atoms with Crippen LogP contribution in [0.1, 0.15) is 25.7 Å². The number of rotatable bonds is 4. The molecule has 0 N–H and O–H groups in total. The number of carbonyl (C=O) groups is 1. The molecule has 0 saturated carbocycles. The molecule has 0 aliphatic carbocycles.